The number of carbonyl (C=O) groups excluding carboxylic acids is 1. The lowest BCUT2D eigenvalue weighted by Crippen LogP contribution is -2.61. The van der Waals surface area contributed by atoms with Gasteiger partial charge in [0.05, 0.1) is 31.2 Å². The lowest BCUT2D eigenvalue weighted by Gasteiger charge is -2.43. The van der Waals surface area contributed by atoms with E-state index >= 15 is 0 Å². The second-order valence-electron chi connectivity index (χ2n) is 7.03. The SMILES string of the molecule is COc1ccccc1CN1CC(=O)N(c2ccccc2)[C@@H]2CS(=O)(=O)C[C@H]21. The van der Waals surface area contributed by atoms with Gasteiger partial charge in [0.1, 0.15) is 5.75 Å². The number of sulfone groups is 1. The topological polar surface area (TPSA) is 66.9 Å². The summed E-state index contributed by atoms with van der Waals surface area (Å²) < 4.78 is 30.2. The zero-order chi connectivity index (χ0) is 19.0. The molecular weight excluding hydrogens is 364 g/mol. The van der Waals surface area contributed by atoms with E-state index < -0.39 is 9.84 Å². The summed E-state index contributed by atoms with van der Waals surface area (Å²) in [6, 6.07) is 16.4. The van der Waals surface area contributed by atoms with Crippen LogP contribution in [0.1, 0.15) is 5.56 Å². The van der Waals surface area contributed by atoms with Gasteiger partial charge in [0.15, 0.2) is 9.84 Å². The molecule has 7 heteroatoms. The first kappa shape index (κ1) is 18.0. The number of piperazine rings is 1. The van der Waals surface area contributed by atoms with E-state index in [2.05, 4.69) is 0 Å². The van der Waals surface area contributed by atoms with Crippen LogP contribution in [0.2, 0.25) is 0 Å². The Labute approximate surface area is 159 Å². The van der Waals surface area contributed by atoms with Crippen LogP contribution in [0.5, 0.6) is 5.75 Å². The number of benzene rings is 2. The molecule has 2 aromatic rings. The van der Waals surface area contributed by atoms with Gasteiger partial charge in [-0.3, -0.25) is 9.69 Å². The maximum Gasteiger partial charge on any atom is 0.241 e. The van der Waals surface area contributed by atoms with E-state index in [1.165, 1.54) is 0 Å². The number of para-hydroxylation sites is 2. The fourth-order valence-corrected chi connectivity index (χ4v) is 6.09. The van der Waals surface area contributed by atoms with Crippen LogP contribution in [0, 0.1) is 0 Å². The molecule has 27 heavy (non-hydrogen) atoms. The molecule has 1 amide bonds. The number of rotatable bonds is 4. The summed E-state index contributed by atoms with van der Waals surface area (Å²) in [6.07, 6.45) is 0. The van der Waals surface area contributed by atoms with Crippen molar-refractivity contribution in [3.63, 3.8) is 0 Å². The average molecular weight is 386 g/mol. The van der Waals surface area contributed by atoms with E-state index in [0.717, 1.165) is 17.0 Å². The second-order valence-corrected chi connectivity index (χ2v) is 9.18. The van der Waals surface area contributed by atoms with Crippen LogP contribution in [0.25, 0.3) is 0 Å². The van der Waals surface area contributed by atoms with Crippen LogP contribution in [0.4, 0.5) is 5.69 Å². The van der Waals surface area contributed by atoms with Crippen molar-refractivity contribution in [2.45, 2.75) is 18.6 Å². The van der Waals surface area contributed by atoms with E-state index in [9.17, 15) is 13.2 Å². The third-order valence-corrected chi connectivity index (χ3v) is 7.00. The molecule has 2 fully saturated rings. The zero-order valence-corrected chi connectivity index (χ0v) is 15.9. The van der Waals surface area contributed by atoms with Gasteiger partial charge in [-0.2, -0.15) is 0 Å². The molecule has 0 spiro atoms. The van der Waals surface area contributed by atoms with Gasteiger partial charge < -0.3 is 9.64 Å². The molecule has 2 aliphatic heterocycles. The normalized spacial score (nSPS) is 24.6. The number of hydrogen-bond acceptors (Lipinski definition) is 5. The number of amides is 1. The third kappa shape index (κ3) is 3.44. The van der Waals surface area contributed by atoms with E-state index in [0.29, 0.717) is 6.54 Å². The van der Waals surface area contributed by atoms with Crippen LogP contribution >= 0.6 is 0 Å². The Morgan fingerprint density at radius 3 is 2.41 bits per heavy atom. The van der Waals surface area contributed by atoms with E-state index in [1.807, 2.05) is 59.5 Å². The van der Waals surface area contributed by atoms with Gasteiger partial charge in [0.2, 0.25) is 5.91 Å². The van der Waals surface area contributed by atoms with Crippen LogP contribution < -0.4 is 9.64 Å². The van der Waals surface area contributed by atoms with Crippen LogP contribution in [0.3, 0.4) is 0 Å². The highest BCUT2D eigenvalue weighted by Crippen LogP contribution is 2.33. The zero-order valence-electron chi connectivity index (χ0n) is 15.1. The predicted octanol–water partition coefficient (Wildman–Crippen LogP) is 1.71. The first-order chi connectivity index (χ1) is 13.0. The number of anilines is 1. The minimum atomic E-state index is -3.20. The van der Waals surface area contributed by atoms with Crippen molar-refractivity contribution in [1.82, 2.24) is 4.90 Å². The van der Waals surface area contributed by atoms with Gasteiger partial charge in [-0.1, -0.05) is 36.4 Å². The predicted molar refractivity (Wildman–Crippen MR) is 104 cm³/mol. The first-order valence-corrected chi connectivity index (χ1v) is 10.7. The minimum Gasteiger partial charge on any atom is -0.496 e. The fourth-order valence-electron chi connectivity index (χ4n) is 4.11. The van der Waals surface area contributed by atoms with Gasteiger partial charge in [-0.15, -0.1) is 0 Å². The Kier molecular flexibility index (Phi) is 4.65. The maximum atomic E-state index is 13.0. The summed E-state index contributed by atoms with van der Waals surface area (Å²) in [5, 5.41) is 0. The Morgan fingerprint density at radius 2 is 1.67 bits per heavy atom. The van der Waals surface area contributed by atoms with Gasteiger partial charge in [0, 0.05) is 23.8 Å². The molecule has 0 N–H and O–H groups in total. The van der Waals surface area contributed by atoms with Crippen molar-refractivity contribution < 1.29 is 17.9 Å². The molecule has 2 heterocycles. The molecule has 2 aromatic carbocycles. The number of hydrogen-bond donors (Lipinski definition) is 0. The molecule has 2 saturated heterocycles. The quantitative estimate of drug-likeness (QED) is 0.800. The van der Waals surface area contributed by atoms with Crippen molar-refractivity contribution >= 4 is 21.4 Å². The number of fused-ring (bicyclic) bond motifs is 1. The van der Waals surface area contributed by atoms with Crippen molar-refractivity contribution in [1.29, 1.82) is 0 Å². The molecule has 0 bridgehead atoms. The lowest BCUT2D eigenvalue weighted by molar-refractivity contribution is -0.123. The van der Waals surface area contributed by atoms with Crippen molar-refractivity contribution in [3.8, 4) is 5.75 Å². The third-order valence-electron chi connectivity index (χ3n) is 5.30. The summed E-state index contributed by atoms with van der Waals surface area (Å²) in [5.41, 5.74) is 1.70. The molecule has 2 atom stereocenters. The van der Waals surface area contributed by atoms with Crippen LogP contribution in [-0.4, -0.2) is 56.5 Å². The van der Waals surface area contributed by atoms with E-state index in [4.69, 9.17) is 4.74 Å². The number of ether oxygens (including phenoxy) is 1. The summed E-state index contributed by atoms with van der Waals surface area (Å²) in [7, 11) is -1.59. The molecule has 6 nitrogen and oxygen atoms in total. The monoisotopic (exact) mass is 386 g/mol. The van der Waals surface area contributed by atoms with Crippen molar-refractivity contribution in [2.24, 2.45) is 0 Å². The van der Waals surface area contributed by atoms with Gasteiger partial charge in [0.25, 0.3) is 0 Å². The highest BCUT2D eigenvalue weighted by Gasteiger charge is 2.49. The van der Waals surface area contributed by atoms with Crippen LogP contribution in [-0.2, 0) is 21.2 Å². The number of nitrogens with zero attached hydrogens (tertiary/aromatic N) is 2. The molecule has 0 aromatic heterocycles. The Balaban J connectivity index is 1.67. The van der Waals surface area contributed by atoms with E-state index in [-0.39, 0.29) is 36.0 Å². The molecule has 4 rings (SSSR count). The van der Waals surface area contributed by atoms with Crippen molar-refractivity contribution in [2.75, 3.05) is 30.1 Å². The molecule has 142 valence electrons. The Bertz CT molecular complexity index is 945. The number of methoxy groups -OCH3 is 1. The molecule has 0 unspecified atom stereocenters. The molecule has 0 radical (unpaired) electrons. The highest BCUT2D eigenvalue weighted by molar-refractivity contribution is 7.91. The standard InChI is InChI=1S/C20H22N2O4S/c1-26-19-10-6-5-7-15(19)11-21-12-20(23)22(16-8-3-2-4-9-16)18-14-27(24,25)13-17(18)21/h2-10,17-18H,11-14H2,1H3/t17-,18-/m1/s1. The smallest absolute Gasteiger partial charge is 0.241 e. The average Bonchev–Trinajstić information content (AvgIpc) is 2.98. The van der Waals surface area contributed by atoms with Crippen molar-refractivity contribution in [3.05, 3.63) is 60.2 Å². The van der Waals surface area contributed by atoms with Gasteiger partial charge in [-0.25, -0.2) is 8.42 Å². The molecule has 2 aliphatic rings. The molecular formula is C20H22N2O4S. The molecule has 0 aliphatic carbocycles. The maximum absolute atomic E-state index is 13.0. The summed E-state index contributed by atoms with van der Waals surface area (Å²) in [6.45, 7) is 0.665. The van der Waals surface area contributed by atoms with Gasteiger partial charge >= 0.3 is 0 Å². The first-order valence-electron chi connectivity index (χ1n) is 8.92. The van der Waals surface area contributed by atoms with Gasteiger partial charge in [-0.05, 0) is 18.2 Å². The summed E-state index contributed by atoms with van der Waals surface area (Å²) in [5.74, 6) is 0.742. The Hall–Kier alpha value is -2.38. The summed E-state index contributed by atoms with van der Waals surface area (Å²) in [4.78, 5) is 16.6. The van der Waals surface area contributed by atoms with Crippen LogP contribution in [0.15, 0.2) is 54.6 Å². The summed E-state index contributed by atoms with van der Waals surface area (Å²) >= 11 is 0. The highest BCUT2D eigenvalue weighted by atomic mass is 32.2. The van der Waals surface area contributed by atoms with E-state index in [1.54, 1.807) is 12.0 Å². The second kappa shape index (κ2) is 6.98. The Morgan fingerprint density at radius 1 is 1.00 bits per heavy atom. The minimum absolute atomic E-state index is 0.000720. The largest absolute Gasteiger partial charge is 0.496 e. The fraction of sp³-hybridized carbons (Fsp3) is 0.350. The molecule has 0 saturated carbocycles. The number of carbonyl (C=O) groups is 1. The lowest BCUT2D eigenvalue weighted by atomic mass is 10.0.